The maximum Gasteiger partial charge on any atom is 0.547 e. The predicted octanol–water partition coefficient (Wildman–Crippen LogP) is 0.276. The number of hydrogen-bond acceptors (Lipinski definition) is 5. The van der Waals surface area contributed by atoms with Gasteiger partial charge in [-0.3, -0.25) is 10.2 Å². The van der Waals surface area contributed by atoms with Crippen molar-refractivity contribution in [1.29, 1.82) is 5.41 Å². The van der Waals surface area contributed by atoms with Gasteiger partial charge in [0.1, 0.15) is 5.75 Å². The average Bonchev–Trinajstić information content (AvgIpc) is 3.11. The summed E-state index contributed by atoms with van der Waals surface area (Å²) in [4.78, 5) is 25.6. The molecule has 1 amide bonds. The van der Waals surface area contributed by atoms with E-state index in [1.54, 1.807) is 17.0 Å². The van der Waals surface area contributed by atoms with Crippen molar-refractivity contribution < 1.29 is 24.4 Å². The van der Waals surface area contributed by atoms with Crippen molar-refractivity contribution in [1.82, 2.24) is 10.2 Å². The molecule has 9 nitrogen and oxygen atoms in total. The Morgan fingerprint density at radius 3 is 2.73 bits per heavy atom. The lowest BCUT2D eigenvalue weighted by Gasteiger charge is -2.28. The first-order valence-corrected chi connectivity index (χ1v) is 9.50. The molecule has 0 aliphatic carbocycles. The number of nitrogens with two attached hydrogens (primary N) is 1. The molecule has 10 heteroatoms. The molecular weight excluding hydrogens is 387 g/mol. The maximum atomic E-state index is 12.5. The van der Waals surface area contributed by atoms with Crippen LogP contribution in [0.5, 0.6) is 5.75 Å². The van der Waals surface area contributed by atoms with Gasteiger partial charge in [0.15, 0.2) is 5.96 Å². The van der Waals surface area contributed by atoms with Crippen LogP contribution < -0.4 is 15.7 Å². The van der Waals surface area contributed by atoms with Crippen LogP contribution in [0.2, 0.25) is 0 Å². The van der Waals surface area contributed by atoms with Gasteiger partial charge in [-0.1, -0.05) is 30.3 Å². The lowest BCUT2D eigenvalue weighted by Crippen LogP contribution is -2.53. The molecule has 0 bridgehead atoms. The highest BCUT2D eigenvalue weighted by atomic mass is 16.5. The number of nitrogens with zero attached hydrogens (tertiary/aromatic N) is 1. The molecule has 2 aliphatic rings. The molecule has 6 N–H and O–H groups in total. The molecule has 1 unspecified atom stereocenters. The number of aromatic carboxylic acids is 1. The van der Waals surface area contributed by atoms with E-state index in [2.05, 4.69) is 5.32 Å². The zero-order valence-corrected chi connectivity index (χ0v) is 16.1. The molecule has 2 aliphatic heterocycles. The minimum absolute atomic E-state index is 0.0168. The number of benzene rings is 2. The largest absolute Gasteiger partial charge is 0.547 e. The van der Waals surface area contributed by atoms with Crippen LogP contribution in [-0.2, 0) is 30.7 Å². The molecule has 2 aromatic rings. The summed E-state index contributed by atoms with van der Waals surface area (Å²) in [6, 6.07) is 10.5. The third-order valence-corrected chi connectivity index (χ3v) is 5.39. The van der Waals surface area contributed by atoms with E-state index < -0.39 is 19.0 Å². The molecule has 0 saturated carbocycles. The fraction of sp³-hybridized carbons (Fsp3) is 0.250. The molecule has 0 radical (unpaired) electrons. The first kappa shape index (κ1) is 19.8. The van der Waals surface area contributed by atoms with Gasteiger partial charge >= 0.3 is 13.1 Å². The van der Waals surface area contributed by atoms with Gasteiger partial charge in [0.05, 0.1) is 17.9 Å². The summed E-state index contributed by atoms with van der Waals surface area (Å²) in [5.41, 5.74) is 9.08. The minimum atomic E-state index is -1.34. The fourth-order valence-corrected chi connectivity index (χ4v) is 3.89. The lowest BCUT2D eigenvalue weighted by atomic mass is 9.72. The molecule has 0 aromatic heterocycles. The lowest BCUT2D eigenvalue weighted by molar-refractivity contribution is -0.120. The predicted molar refractivity (Wildman–Crippen MR) is 109 cm³/mol. The van der Waals surface area contributed by atoms with Gasteiger partial charge in [-0.2, -0.15) is 0 Å². The maximum absolute atomic E-state index is 12.5. The van der Waals surface area contributed by atoms with Gasteiger partial charge in [-0.05, 0) is 34.7 Å². The summed E-state index contributed by atoms with van der Waals surface area (Å²) in [5.74, 6) is -1.94. The van der Waals surface area contributed by atoms with E-state index in [4.69, 9.17) is 15.8 Å². The normalized spacial score (nSPS) is 17.0. The quantitative estimate of drug-likeness (QED) is 0.277. The van der Waals surface area contributed by atoms with Gasteiger partial charge < -0.3 is 30.7 Å². The van der Waals surface area contributed by atoms with E-state index in [0.717, 1.165) is 16.7 Å². The summed E-state index contributed by atoms with van der Waals surface area (Å²) in [6.45, 7) is 1.12. The van der Waals surface area contributed by atoms with Crippen molar-refractivity contribution in [3.8, 4) is 5.75 Å². The molecule has 0 fully saturated rings. The van der Waals surface area contributed by atoms with E-state index in [9.17, 15) is 19.7 Å². The van der Waals surface area contributed by atoms with E-state index in [1.165, 1.54) is 6.07 Å². The fourth-order valence-electron chi connectivity index (χ4n) is 3.89. The topological polar surface area (TPSA) is 149 Å². The number of carbonyl (C=O) groups is 2. The van der Waals surface area contributed by atoms with Crippen LogP contribution in [0.1, 0.15) is 32.6 Å². The van der Waals surface area contributed by atoms with E-state index in [-0.39, 0.29) is 36.0 Å². The average molecular weight is 408 g/mol. The summed E-state index contributed by atoms with van der Waals surface area (Å²) in [6.07, 6.45) is 0.389. The number of amides is 1. The number of hydrogen-bond donors (Lipinski definition) is 5. The Labute approximate surface area is 173 Å². The SMILES string of the molecule is N=C(N)N1Cc2ccc(CC(=O)NC3Cc4cccc(C(=O)O)c4OB3O)cc2C1. The second kappa shape index (κ2) is 7.71. The number of fused-ring (bicyclic) bond motifs is 2. The van der Waals surface area contributed by atoms with Crippen LogP contribution in [-0.4, -0.2) is 45.9 Å². The highest BCUT2D eigenvalue weighted by Crippen LogP contribution is 2.30. The number of carboxylic acid groups (broad SMARTS) is 1. The number of nitrogens with one attached hydrogen (secondary N) is 2. The highest BCUT2D eigenvalue weighted by Gasteiger charge is 2.37. The van der Waals surface area contributed by atoms with Crippen molar-refractivity contribution in [3.05, 3.63) is 64.2 Å². The summed E-state index contributed by atoms with van der Waals surface area (Å²) >= 11 is 0. The molecule has 1 atom stereocenters. The van der Waals surface area contributed by atoms with Crippen molar-refractivity contribution in [2.45, 2.75) is 31.9 Å². The van der Waals surface area contributed by atoms with E-state index in [0.29, 0.717) is 18.7 Å². The summed E-state index contributed by atoms with van der Waals surface area (Å²) in [5, 5.41) is 29.9. The first-order chi connectivity index (χ1) is 14.3. The summed E-state index contributed by atoms with van der Waals surface area (Å²) in [7, 11) is -1.34. The van der Waals surface area contributed by atoms with Gasteiger partial charge in [-0.15, -0.1) is 0 Å². The molecule has 0 spiro atoms. The van der Waals surface area contributed by atoms with Crippen molar-refractivity contribution in [3.63, 3.8) is 0 Å². The number of para-hydroxylation sites is 1. The van der Waals surface area contributed by atoms with Crippen LogP contribution >= 0.6 is 0 Å². The monoisotopic (exact) mass is 408 g/mol. The molecule has 2 heterocycles. The van der Waals surface area contributed by atoms with Crippen molar-refractivity contribution in [2.24, 2.45) is 5.73 Å². The van der Waals surface area contributed by atoms with E-state index >= 15 is 0 Å². The zero-order chi connectivity index (χ0) is 21.4. The van der Waals surface area contributed by atoms with Crippen LogP contribution in [0.15, 0.2) is 36.4 Å². The Morgan fingerprint density at radius 1 is 1.23 bits per heavy atom. The van der Waals surface area contributed by atoms with Gasteiger partial charge in [-0.25, -0.2) is 4.79 Å². The van der Waals surface area contributed by atoms with Crippen LogP contribution in [0, 0.1) is 5.41 Å². The molecule has 2 aromatic carbocycles. The number of rotatable bonds is 4. The Kier molecular flexibility index (Phi) is 5.09. The highest BCUT2D eigenvalue weighted by molar-refractivity contribution is 6.47. The van der Waals surface area contributed by atoms with Gasteiger partial charge in [0.2, 0.25) is 5.91 Å². The third-order valence-electron chi connectivity index (χ3n) is 5.39. The number of carbonyl (C=O) groups excluding carboxylic acids is 1. The van der Waals surface area contributed by atoms with Gasteiger partial charge in [0, 0.05) is 13.1 Å². The van der Waals surface area contributed by atoms with Crippen LogP contribution in [0.25, 0.3) is 0 Å². The standard InChI is InChI=1S/C20H21BN4O5/c22-20(23)25-9-13-5-4-11(6-14(13)10-25)7-17(26)24-16-8-12-2-1-3-15(19(27)28)18(12)30-21(16)29/h1-6,16,29H,7-10H2,(H3,22,23)(H,24,26)(H,27,28). The Bertz CT molecular complexity index is 1040. The number of guanidine groups is 1. The summed E-state index contributed by atoms with van der Waals surface area (Å²) < 4.78 is 5.41. The Hall–Kier alpha value is -3.53. The van der Waals surface area contributed by atoms with Crippen LogP contribution in [0.3, 0.4) is 0 Å². The molecule has 154 valence electrons. The van der Waals surface area contributed by atoms with Crippen LogP contribution in [0.4, 0.5) is 0 Å². The molecule has 4 rings (SSSR count). The van der Waals surface area contributed by atoms with E-state index in [1.807, 2.05) is 18.2 Å². The second-order valence-corrected chi connectivity index (χ2v) is 7.51. The third kappa shape index (κ3) is 3.81. The first-order valence-electron chi connectivity index (χ1n) is 9.50. The Morgan fingerprint density at radius 2 is 2.00 bits per heavy atom. The smallest absolute Gasteiger partial charge is 0.534 e. The van der Waals surface area contributed by atoms with Crippen molar-refractivity contribution >= 4 is 25.0 Å². The molecule has 30 heavy (non-hydrogen) atoms. The second-order valence-electron chi connectivity index (χ2n) is 7.51. The minimum Gasteiger partial charge on any atom is -0.534 e. The Balaban J connectivity index is 1.42. The van der Waals surface area contributed by atoms with Crippen molar-refractivity contribution in [2.75, 3.05) is 0 Å². The van der Waals surface area contributed by atoms with Gasteiger partial charge in [0.25, 0.3) is 0 Å². The number of carboxylic acids is 1. The molecule has 0 saturated heterocycles. The molecular formula is C20H21BN4O5. The zero-order valence-electron chi connectivity index (χ0n) is 16.1.